The highest BCUT2D eigenvalue weighted by Crippen LogP contribution is 2.20. The summed E-state index contributed by atoms with van der Waals surface area (Å²) in [5, 5.41) is 10.5. The molecule has 0 spiro atoms. The average Bonchev–Trinajstić information content (AvgIpc) is 2.91. The fraction of sp³-hybridized carbons (Fsp3) is 0.321. The molecule has 176 valence electrons. The smallest absolute Gasteiger partial charge is 0.130 e. The Morgan fingerprint density at radius 3 is 2.82 bits per heavy atom. The number of benzene rings is 1. The molecular weight excluding hydrogens is 422 g/mol. The van der Waals surface area contributed by atoms with Crippen LogP contribution in [0, 0.1) is 0 Å². The molecule has 4 rings (SSSR count). The summed E-state index contributed by atoms with van der Waals surface area (Å²) in [6, 6.07) is 12.8. The molecule has 0 radical (unpaired) electrons. The van der Waals surface area contributed by atoms with E-state index in [1.54, 1.807) is 12.3 Å². The summed E-state index contributed by atoms with van der Waals surface area (Å²) in [6.07, 6.45) is 10.6. The zero-order chi connectivity index (χ0) is 23.8. The van der Waals surface area contributed by atoms with Crippen molar-refractivity contribution in [3.8, 4) is 11.1 Å². The van der Waals surface area contributed by atoms with Gasteiger partial charge in [0.1, 0.15) is 11.5 Å². The first kappa shape index (κ1) is 23.6. The molecule has 0 saturated carbocycles. The van der Waals surface area contributed by atoms with E-state index in [2.05, 4.69) is 59.9 Å². The number of hydrogen-bond acceptors (Lipinski definition) is 6. The molecule has 1 fully saturated rings. The molecule has 3 heterocycles. The van der Waals surface area contributed by atoms with E-state index in [0.717, 1.165) is 66.2 Å². The van der Waals surface area contributed by atoms with Gasteiger partial charge in [-0.05, 0) is 47.6 Å². The number of aliphatic imine (C=N–C) groups is 1. The van der Waals surface area contributed by atoms with Crippen molar-refractivity contribution in [2.75, 3.05) is 26.8 Å². The molecule has 1 saturated heterocycles. The van der Waals surface area contributed by atoms with Gasteiger partial charge in [-0.1, -0.05) is 55.6 Å². The van der Waals surface area contributed by atoms with Gasteiger partial charge in [-0.25, -0.2) is 0 Å². The maximum absolute atomic E-state index is 5.65. The van der Waals surface area contributed by atoms with Gasteiger partial charge in [0.05, 0.1) is 12.6 Å². The number of dihydropyridines is 1. The lowest BCUT2D eigenvalue weighted by Gasteiger charge is -2.30. The summed E-state index contributed by atoms with van der Waals surface area (Å²) in [6.45, 7) is 11.1. The van der Waals surface area contributed by atoms with Gasteiger partial charge in [0, 0.05) is 44.7 Å². The Bertz CT molecular complexity index is 1080. The van der Waals surface area contributed by atoms with Crippen LogP contribution < -0.4 is 5.32 Å². The van der Waals surface area contributed by atoms with Crippen LogP contribution >= 0.6 is 0 Å². The minimum absolute atomic E-state index is 0.261. The quantitative estimate of drug-likeness (QED) is 0.354. The number of ether oxygens (including phenoxy) is 1. The highest BCUT2D eigenvalue weighted by atomic mass is 16.5. The summed E-state index contributed by atoms with van der Waals surface area (Å²) in [5.74, 6) is 0.845. The van der Waals surface area contributed by atoms with E-state index in [1.165, 1.54) is 5.56 Å². The minimum Gasteiger partial charge on any atom is -0.379 e. The zero-order valence-electron chi connectivity index (χ0n) is 19.9. The predicted octanol–water partition coefficient (Wildman–Crippen LogP) is 4.78. The fourth-order valence-electron chi connectivity index (χ4n) is 4.11. The van der Waals surface area contributed by atoms with Crippen molar-refractivity contribution in [2.45, 2.75) is 31.8 Å². The summed E-state index contributed by atoms with van der Waals surface area (Å²) < 4.78 is 5.65. The maximum Gasteiger partial charge on any atom is 0.130 e. The number of pyridine rings is 1. The molecule has 1 aromatic heterocycles. The Morgan fingerprint density at radius 1 is 1.26 bits per heavy atom. The molecule has 2 aliphatic rings. The average molecular weight is 456 g/mol. The third-order valence-corrected chi connectivity index (χ3v) is 6.14. The van der Waals surface area contributed by atoms with Gasteiger partial charge >= 0.3 is 0 Å². The van der Waals surface area contributed by atoms with E-state index >= 15 is 0 Å². The Morgan fingerprint density at radius 2 is 2.12 bits per heavy atom. The van der Waals surface area contributed by atoms with E-state index in [4.69, 9.17) is 14.8 Å². The first-order chi connectivity index (χ1) is 16.7. The molecular formula is C28H33N5O. The topological polar surface area (TPSA) is 62.1 Å². The molecule has 0 amide bonds. The first-order valence-corrected chi connectivity index (χ1v) is 11.8. The van der Waals surface area contributed by atoms with Crippen LogP contribution in [0.25, 0.3) is 11.1 Å². The first-order valence-electron chi connectivity index (χ1n) is 11.8. The van der Waals surface area contributed by atoms with Crippen molar-refractivity contribution in [2.24, 2.45) is 10.1 Å². The van der Waals surface area contributed by atoms with E-state index < -0.39 is 0 Å². The fourth-order valence-corrected chi connectivity index (χ4v) is 4.11. The van der Waals surface area contributed by atoms with Crippen LogP contribution in [0.15, 0.2) is 95.3 Å². The number of amidine groups is 1. The van der Waals surface area contributed by atoms with Crippen molar-refractivity contribution in [1.82, 2.24) is 15.3 Å². The number of nitrogens with zero attached hydrogens (tertiary/aromatic N) is 4. The van der Waals surface area contributed by atoms with Gasteiger partial charge in [0.15, 0.2) is 0 Å². The molecule has 1 aromatic carbocycles. The van der Waals surface area contributed by atoms with E-state index in [1.807, 2.05) is 24.3 Å². The molecule has 1 N–H and O–H groups in total. The molecule has 1 unspecified atom stereocenters. The van der Waals surface area contributed by atoms with Crippen LogP contribution in [0.3, 0.4) is 0 Å². The number of rotatable bonds is 8. The van der Waals surface area contributed by atoms with Crippen LogP contribution in [0.2, 0.25) is 0 Å². The Balaban J connectivity index is 1.48. The third kappa shape index (κ3) is 5.88. The van der Waals surface area contributed by atoms with Gasteiger partial charge in [0.25, 0.3) is 0 Å². The monoisotopic (exact) mass is 455 g/mol. The van der Waals surface area contributed by atoms with E-state index in [9.17, 15) is 0 Å². The summed E-state index contributed by atoms with van der Waals surface area (Å²) in [5.41, 5.74) is 6.01. The highest BCUT2D eigenvalue weighted by molar-refractivity contribution is 6.30. The maximum atomic E-state index is 5.65. The molecule has 34 heavy (non-hydrogen) atoms. The van der Waals surface area contributed by atoms with Gasteiger partial charge < -0.3 is 10.1 Å². The second-order valence-corrected chi connectivity index (χ2v) is 8.55. The number of hydrazone groups is 1. The molecule has 0 aliphatic carbocycles. The van der Waals surface area contributed by atoms with Crippen LogP contribution in [-0.4, -0.2) is 54.4 Å². The minimum atomic E-state index is 0.261. The zero-order valence-corrected chi connectivity index (χ0v) is 19.9. The van der Waals surface area contributed by atoms with Crippen LogP contribution in [0.1, 0.15) is 24.8 Å². The number of aromatic nitrogens is 1. The lowest BCUT2D eigenvalue weighted by atomic mass is 9.99. The van der Waals surface area contributed by atoms with Gasteiger partial charge in [-0.15, -0.1) is 0 Å². The lowest BCUT2D eigenvalue weighted by molar-refractivity contribution is 0.0287. The SMILES string of the molecule is C=CC(=C)/C(=N\N(C)C1CCCOC1)C1=CCCN=C1NCc1ccc(-c2cccnc2)cc1. The molecule has 6 nitrogen and oxygen atoms in total. The van der Waals surface area contributed by atoms with Crippen molar-refractivity contribution >= 4 is 11.5 Å². The largest absolute Gasteiger partial charge is 0.379 e. The molecule has 0 bridgehead atoms. The number of allylic oxidation sites excluding steroid dienone is 2. The number of nitrogens with one attached hydrogen (secondary N) is 1. The van der Waals surface area contributed by atoms with Gasteiger partial charge in [-0.2, -0.15) is 5.10 Å². The molecule has 6 heteroatoms. The second-order valence-electron chi connectivity index (χ2n) is 8.55. The normalized spacial score (nSPS) is 18.5. The van der Waals surface area contributed by atoms with Crippen LogP contribution in [0.4, 0.5) is 0 Å². The van der Waals surface area contributed by atoms with Crippen molar-refractivity contribution in [3.63, 3.8) is 0 Å². The van der Waals surface area contributed by atoms with Gasteiger partial charge in [0.2, 0.25) is 0 Å². The molecule has 1 atom stereocenters. The lowest BCUT2D eigenvalue weighted by Crippen LogP contribution is -2.37. The Kier molecular flexibility index (Phi) is 8.04. The summed E-state index contributed by atoms with van der Waals surface area (Å²) in [4.78, 5) is 8.99. The highest BCUT2D eigenvalue weighted by Gasteiger charge is 2.22. The van der Waals surface area contributed by atoms with Crippen LogP contribution in [0.5, 0.6) is 0 Å². The molecule has 2 aliphatic heterocycles. The number of hydrogen-bond donors (Lipinski definition) is 1. The van der Waals surface area contributed by atoms with E-state index in [-0.39, 0.29) is 6.04 Å². The van der Waals surface area contributed by atoms with E-state index in [0.29, 0.717) is 13.2 Å². The standard InChI is InChI=1S/C28H33N5O/c1-4-21(2)27(32-33(3)25-9-7-17-34-20-25)26-10-6-16-30-28(26)31-18-22-11-13-23(14-12-22)24-8-5-15-29-19-24/h4-5,8,10-15,19,25H,1-2,6-7,9,16-18,20H2,3H3,(H,30,31)/b32-27+. The predicted molar refractivity (Wildman–Crippen MR) is 140 cm³/mol. The van der Waals surface area contributed by atoms with Crippen LogP contribution in [-0.2, 0) is 11.3 Å². The Hall–Kier alpha value is -3.51. The summed E-state index contributed by atoms with van der Waals surface area (Å²) >= 11 is 0. The number of likely N-dealkylation sites (N-methyl/N-ethyl adjacent to an activating group) is 1. The summed E-state index contributed by atoms with van der Waals surface area (Å²) in [7, 11) is 2.01. The second kappa shape index (κ2) is 11.6. The molecule has 2 aromatic rings. The Labute approximate surface area is 202 Å². The van der Waals surface area contributed by atoms with Gasteiger partial charge in [-0.3, -0.25) is 15.0 Å². The van der Waals surface area contributed by atoms with Crippen molar-refractivity contribution in [3.05, 3.63) is 90.8 Å². The van der Waals surface area contributed by atoms with Crippen molar-refractivity contribution < 1.29 is 4.74 Å². The third-order valence-electron chi connectivity index (χ3n) is 6.14. The van der Waals surface area contributed by atoms with Crippen molar-refractivity contribution in [1.29, 1.82) is 0 Å².